The van der Waals surface area contributed by atoms with E-state index in [-0.39, 0.29) is 0 Å². The molecule has 0 saturated heterocycles. The summed E-state index contributed by atoms with van der Waals surface area (Å²) in [4.78, 5) is 2.08. The Morgan fingerprint density at radius 2 is 2.24 bits per heavy atom. The predicted molar refractivity (Wildman–Crippen MR) is 68.4 cm³/mol. The molecule has 1 aliphatic heterocycles. The average molecular weight is 235 g/mol. The van der Waals surface area contributed by atoms with Crippen LogP contribution >= 0.6 is 0 Å². The van der Waals surface area contributed by atoms with Gasteiger partial charge in [0.05, 0.1) is 12.7 Å². The van der Waals surface area contributed by atoms with Crippen molar-refractivity contribution in [2.75, 3.05) is 27.2 Å². The van der Waals surface area contributed by atoms with Crippen LogP contribution in [0.2, 0.25) is 0 Å². The molecular weight excluding hydrogens is 214 g/mol. The predicted octanol–water partition coefficient (Wildman–Crippen LogP) is 2.00. The van der Waals surface area contributed by atoms with Gasteiger partial charge in [0, 0.05) is 12.1 Å². The SMILES string of the molecule is CN(C)CCC(O)c1cccc2c1OCCC2. The lowest BCUT2D eigenvalue weighted by Gasteiger charge is -2.23. The lowest BCUT2D eigenvalue weighted by atomic mass is 9.98. The van der Waals surface area contributed by atoms with Gasteiger partial charge < -0.3 is 14.7 Å². The third kappa shape index (κ3) is 2.99. The summed E-state index contributed by atoms with van der Waals surface area (Å²) < 4.78 is 5.71. The molecule has 0 spiro atoms. The second kappa shape index (κ2) is 5.52. The monoisotopic (exact) mass is 235 g/mol. The van der Waals surface area contributed by atoms with Crippen LogP contribution in [0.4, 0.5) is 0 Å². The molecule has 3 nitrogen and oxygen atoms in total. The van der Waals surface area contributed by atoms with Crippen molar-refractivity contribution < 1.29 is 9.84 Å². The van der Waals surface area contributed by atoms with Crippen LogP contribution in [0, 0.1) is 0 Å². The second-order valence-corrected chi connectivity index (χ2v) is 4.90. The summed E-state index contributed by atoms with van der Waals surface area (Å²) in [7, 11) is 4.04. The Kier molecular flexibility index (Phi) is 4.02. The van der Waals surface area contributed by atoms with Gasteiger partial charge in [0.1, 0.15) is 5.75 Å². The lowest BCUT2D eigenvalue weighted by Crippen LogP contribution is -2.17. The van der Waals surface area contributed by atoms with Gasteiger partial charge in [0.2, 0.25) is 0 Å². The lowest BCUT2D eigenvalue weighted by molar-refractivity contribution is 0.147. The van der Waals surface area contributed by atoms with Gasteiger partial charge in [-0.15, -0.1) is 0 Å². The first-order valence-electron chi connectivity index (χ1n) is 6.26. The number of fused-ring (bicyclic) bond motifs is 1. The van der Waals surface area contributed by atoms with Gasteiger partial charge in [0.25, 0.3) is 0 Å². The van der Waals surface area contributed by atoms with Crippen LogP contribution in [0.25, 0.3) is 0 Å². The molecule has 1 aliphatic rings. The highest BCUT2D eigenvalue weighted by molar-refractivity contribution is 5.43. The minimum absolute atomic E-state index is 0.426. The Morgan fingerprint density at radius 3 is 3.00 bits per heavy atom. The number of hydrogen-bond acceptors (Lipinski definition) is 3. The molecule has 0 amide bonds. The number of hydrogen-bond donors (Lipinski definition) is 1. The number of para-hydroxylation sites is 1. The fourth-order valence-corrected chi connectivity index (χ4v) is 2.21. The number of aliphatic hydroxyl groups excluding tert-OH is 1. The molecule has 1 N–H and O–H groups in total. The molecule has 0 aromatic heterocycles. The average Bonchev–Trinajstić information content (AvgIpc) is 2.35. The largest absolute Gasteiger partial charge is 0.493 e. The normalized spacial score (nSPS) is 16.5. The van der Waals surface area contributed by atoms with Gasteiger partial charge in [-0.2, -0.15) is 0 Å². The van der Waals surface area contributed by atoms with Gasteiger partial charge >= 0.3 is 0 Å². The molecule has 1 unspecified atom stereocenters. The van der Waals surface area contributed by atoms with Crippen molar-refractivity contribution >= 4 is 0 Å². The number of benzene rings is 1. The highest BCUT2D eigenvalue weighted by Crippen LogP contribution is 2.33. The first kappa shape index (κ1) is 12.4. The smallest absolute Gasteiger partial charge is 0.128 e. The van der Waals surface area contributed by atoms with Gasteiger partial charge in [-0.3, -0.25) is 0 Å². The van der Waals surface area contributed by atoms with Crippen molar-refractivity contribution in [3.8, 4) is 5.75 Å². The molecule has 94 valence electrons. The number of aliphatic hydroxyl groups is 1. The molecule has 2 rings (SSSR count). The maximum Gasteiger partial charge on any atom is 0.128 e. The van der Waals surface area contributed by atoms with E-state index in [1.54, 1.807) is 0 Å². The molecule has 1 atom stereocenters. The number of nitrogens with zero attached hydrogens (tertiary/aromatic N) is 1. The highest BCUT2D eigenvalue weighted by Gasteiger charge is 2.19. The standard InChI is InChI=1S/C14H21NO2/c1-15(2)9-8-13(16)12-7-3-5-11-6-4-10-17-14(11)12/h3,5,7,13,16H,4,6,8-10H2,1-2H3. The van der Waals surface area contributed by atoms with Crippen molar-refractivity contribution in [3.05, 3.63) is 29.3 Å². The van der Waals surface area contributed by atoms with Gasteiger partial charge in [-0.1, -0.05) is 18.2 Å². The van der Waals surface area contributed by atoms with Crippen LogP contribution in [0.1, 0.15) is 30.1 Å². The number of ether oxygens (including phenoxy) is 1. The Balaban J connectivity index is 2.14. The molecule has 0 aliphatic carbocycles. The third-order valence-corrected chi connectivity index (χ3v) is 3.17. The van der Waals surface area contributed by atoms with Crippen LogP contribution in [0.3, 0.4) is 0 Å². The van der Waals surface area contributed by atoms with Crippen molar-refractivity contribution in [1.29, 1.82) is 0 Å². The van der Waals surface area contributed by atoms with Crippen LogP contribution in [0.5, 0.6) is 5.75 Å². The molecule has 3 heteroatoms. The van der Waals surface area contributed by atoms with Crippen LogP contribution in [-0.4, -0.2) is 37.3 Å². The third-order valence-electron chi connectivity index (χ3n) is 3.17. The minimum atomic E-state index is -0.426. The van der Waals surface area contributed by atoms with E-state index in [1.807, 2.05) is 26.2 Å². The van der Waals surface area contributed by atoms with E-state index in [9.17, 15) is 5.11 Å². The van der Waals surface area contributed by atoms with Crippen molar-refractivity contribution in [1.82, 2.24) is 4.90 Å². The Morgan fingerprint density at radius 1 is 1.41 bits per heavy atom. The summed E-state index contributed by atoms with van der Waals surface area (Å²) in [6, 6.07) is 6.09. The van der Waals surface area contributed by atoms with E-state index >= 15 is 0 Å². The first-order valence-corrected chi connectivity index (χ1v) is 6.26. The van der Waals surface area contributed by atoms with E-state index in [0.29, 0.717) is 0 Å². The second-order valence-electron chi connectivity index (χ2n) is 4.90. The summed E-state index contributed by atoms with van der Waals surface area (Å²) in [5.74, 6) is 0.921. The summed E-state index contributed by atoms with van der Waals surface area (Å²) in [6.45, 7) is 1.65. The number of aryl methyl sites for hydroxylation is 1. The molecule has 0 fully saturated rings. The van der Waals surface area contributed by atoms with Gasteiger partial charge in [-0.25, -0.2) is 0 Å². The van der Waals surface area contributed by atoms with Crippen LogP contribution < -0.4 is 4.74 Å². The molecule has 0 radical (unpaired) electrons. The molecule has 0 bridgehead atoms. The Hall–Kier alpha value is -1.06. The fourth-order valence-electron chi connectivity index (χ4n) is 2.21. The maximum atomic E-state index is 10.2. The van der Waals surface area contributed by atoms with Gasteiger partial charge in [-0.05, 0) is 38.9 Å². The van der Waals surface area contributed by atoms with Crippen molar-refractivity contribution in [2.24, 2.45) is 0 Å². The van der Waals surface area contributed by atoms with E-state index in [2.05, 4.69) is 11.0 Å². The van der Waals surface area contributed by atoms with E-state index < -0.39 is 6.10 Å². The minimum Gasteiger partial charge on any atom is -0.493 e. The van der Waals surface area contributed by atoms with Crippen LogP contribution in [0.15, 0.2) is 18.2 Å². The molecule has 1 aromatic carbocycles. The fraction of sp³-hybridized carbons (Fsp3) is 0.571. The van der Waals surface area contributed by atoms with E-state index in [4.69, 9.17) is 4.74 Å². The molecule has 17 heavy (non-hydrogen) atoms. The van der Waals surface area contributed by atoms with E-state index in [1.165, 1.54) is 5.56 Å². The van der Waals surface area contributed by atoms with Crippen molar-refractivity contribution in [2.45, 2.75) is 25.4 Å². The zero-order valence-corrected chi connectivity index (χ0v) is 10.6. The maximum absolute atomic E-state index is 10.2. The van der Waals surface area contributed by atoms with E-state index in [0.717, 1.165) is 43.7 Å². The Labute approximate surface area is 103 Å². The molecule has 0 saturated carbocycles. The van der Waals surface area contributed by atoms with Crippen LogP contribution in [-0.2, 0) is 6.42 Å². The molecule has 1 aromatic rings. The summed E-state index contributed by atoms with van der Waals surface area (Å²) in [6.07, 6.45) is 2.45. The number of rotatable bonds is 4. The van der Waals surface area contributed by atoms with Crippen molar-refractivity contribution in [3.63, 3.8) is 0 Å². The summed E-state index contributed by atoms with van der Waals surface area (Å²) >= 11 is 0. The Bertz CT molecular complexity index is 376. The summed E-state index contributed by atoms with van der Waals surface area (Å²) in [5.41, 5.74) is 2.18. The zero-order chi connectivity index (χ0) is 12.3. The quantitative estimate of drug-likeness (QED) is 0.866. The molecular formula is C14H21NO2. The highest BCUT2D eigenvalue weighted by atomic mass is 16.5. The summed E-state index contributed by atoms with van der Waals surface area (Å²) in [5, 5.41) is 10.2. The topological polar surface area (TPSA) is 32.7 Å². The van der Waals surface area contributed by atoms with Gasteiger partial charge in [0.15, 0.2) is 0 Å². The first-order chi connectivity index (χ1) is 8.18. The molecule has 1 heterocycles. The zero-order valence-electron chi connectivity index (χ0n) is 10.6.